The lowest BCUT2D eigenvalue weighted by atomic mass is 9.98. The van der Waals surface area contributed by atoms with Gasteiger partial charge in [0, 0.05) is 11.1 Å². The van der Waals surface area contributed by atoms with E-state index in [1.807, 2.05) is 55.5 Å². The van der Waals surface area contributed by atoms with Crippen LogP contribution in [0.1, 0.15) is 24.1 Å². The second kappa shape index (κ2) is 11.3. The summed E-state index contributed by atoms with van der Waals surface area (Å²) in [7, 11) is 1.55. The van der Waals surface area contributed by atoms with E-state index in [9.17, 15) is 14.4 Å². The first-order valence-electron chi connectivity index (χ1n) is 12.8. The number of methoxy groups -OCH3 is 1. The van der Waals surface area contributed by atoms with E-state index < -0.39 is 17.5 Å². The third kappa shape index (κ3) is 4.93. The number of ether oxygens (including phenoxy) is 1. The van der Waals surface area contributed by atoms with Crippen molar-refractivity contribution < 1.29 is 9.26 Å². The largest absolute Gasteiger partial charge is 0.487 e. The molecule has 5 rings (SSSR count). The van der Waals surface area contributed by atoms with Gasteiger partial charge in [-0.05, 0) is 36.1 Å². The van der Waals surface area contributed by atoms with Gasteiger partial charge in [0.25, 0.3) is 5.56 Å². The highest BCUT2D eigenvalue weighted by molar-refractivity contribution is 7.20. The molecule has 1 N–H and O–H groups in total. The second-order valence-electron chi connectivity index (χ2n) is 9.41. The summed E-state index contributed by atoms with van der Waals surface area (Å²) < 4.78 is 13.1. The van der Waals surface area contributed by atoms with E-state index in [0.29, 0.717) is 32.2 Å². The van der Waals surface area contributed by atoms with Crippen molar-refractivity contribution in [1.29, 1.82) is 0 Å². The maximum atomic E-state index is 13.9. The summed E-state index contributed by atoms with van der Waals surface area (Å²) in [5.41, 5.74) is 3.91. The molecule has 0 aliphatic carbocycles. The fraction of sp³-hybridized carbons (Fsp3) is 0.161. The monoisotopic (exact) mass is 568 g/mol. The number of fused-ring (bicyclic) bond motifs is 1. The molecule has 0 saturated heterocycles. The van der Waals surface area contributed by atoms with Gasteiger partial charge < -0.3 is 4.74 Å². The van der Waals surface area contributed by atoms with E-state index >= 15 is 0 Å². The van der Waals surface area contributed by atoms with Crippen molar-refractivity contribution in [1.82, 2.24) is 19.3 Å². The number of aryl methyl sites for hydroxylation is 1. The number of aromatic amines is 1. The molecule has 3 heterocycles. The van der Waals surface area contributed by atoms with Gasteiger partial charge in [0.15, 0.2) is 10.9 Å². The number of aromatic nitrogens is 4. The molecule has 0 bridgehead atoms. The summed E-state index contributed by atoms with van der Waals surface area (Å²) in [4.78, 5) is 42.3. The number of nitrogens with zero attached hydrogens (tertiary/aromatic N) is 3. The average molecular weight is 569 g/mol. The van der Waals surface area contributed by atoms with Gasteiger partial charge >= 0.3 is 11.4 Å². The van der Waals surface area contributed by atoms with E-state index in [1.54, 1.807) is 36.8 Å². The van der Waals surface area contributed by atoms with Crippen LogP contribution >= 0.6 is 11.3 Å². The summed E-state index contributed by atoms with van der Waals surface area (Å²) in [6, 6.07) is 14.7. The highest BCUT2D eigenvalue weighted by Crippen LogP contribution is 2.35. The predicted octanol–water partition coefficient (Wildman–Crippen LogP) is 5.46. The Morgan fingerprint density at radius 1 is 1.12 bits per heavy atom. The molecule has 0 spiro atoms. The Morgan fingerprint density at radius 3 is 2.44 bits per heavy atom. The first-order chi connectivity index (χ1) is 19.8. The van der Waals surface area contributed by atoms with Crippen LogP contribution in [0, 0.1) is 6.92 Å². The lowest BCUT2D eigenvalue weighted by molar-refractivity contribution is 0.388. The molecule has 1 unspecified atom stereocenters. The molecule has 41 heavy (non-hydrogen) atoms. The zero-order valence-electron chi connectivity index (χ0n) is 22.8. The van der Waals surface area contributed by atoms with Gasteiger partial charge in [-0.1, -0.05) is 96.4 Å². The molecule has 2 aromatic carbocycles. The molecule has 0 fully saturated rings. The van der Waals surface area contributed by atoms with Crippen LogP contribution in [0.2, 0.25) is 0 Å². The first-order valence-corrected chi connectivity index (χ1v) is 13.6. The average Bonchev–Trinajstić information content (AvgIpc) is 3.57. The third-order valence-electron chi connectivity index (χ3n) is 7.03. The topological polar surface area (TPSA) is 112 Å². The number of allylic oxidation sites excluding steroid dienone is 4. The van der Waals surface area contributed by atoms with Crippen molar-refractivity contribution in [3.05, 3.63) is 128 Å². The van der Waals surface area contributed by atoms with Crippen molar-refractivity contribution in [2.75, 3.05) is 7.11 Å². The van der Waals surface area contributed by atoms with Crippen molar-refractivity contribution in [3.63, 3.8) is 0 Å². The first kappa shape index (κ1) is 27.6. The number of benzene rings is 2. The zero-order chi connectivity index (χ0) is 29.3. The summed E-state index contributed by atoms with van der Waals surface area (Å²) in [6.45, 7) is 11.4. The maximum absolute atomic E-state index is 13.9. The van der Waals surface area contributed by atoms with Gasteiger partial charge in [-0.3, -0.25) is 23.4 Å². The number of nitrogens with one attached hydrogen (secondary N) is 1. The van der Waals surface area contributed by atoms with Crippen LogP contribution in [-0.4, -0.2) is 26.4 Å². The predicted molar refractivity (Wildman–Crippen MR) is 162 cm³/mol. The van der Waals surface area contributed by atoms with Crippen LogP contribution in [0.5, 0.6) is 5.06 Å². The molecule has 0 radical (unpaired) electrons. The van der Waals surface area contributed by atoms with E-state index in [0.717, 1.165) is 22.3 Å². The molecule has 3 aromatic heterocycles. The molecular weight excluding hydrogens is 540 g/mol. The Bertz CT molecular complexity index is 1990. The molecule has 0 aliphatic rings. The van der Waals surface area contributed by atoms with Crippen molar-refractivity contribution >= 4 is 21.6 Å². The van der Waals surface area contributed by atoms with Gasteiger partial charge in [0.1, 0.15) is 4.83 Å². The molecule has 0 amide bonds. The lowest BCUT2D eigenvalue weighted by Crippen LogP contribution is -2.42. The van der Waals surface area contributed by atoms with E-state index in [2.05, 4.69) is 23.3 Å². The maximum Gasteiger partial charge on any atom is 0.439 e. The molecule has 208 valence electrons. The smallest absolute Gasteiger partial charge is 0.439 e. The van der Waals surface area contributed by atoms with Crippen molar-refractivity contribution in [2.45, 2.75) is 26.4 Å². The van der Waals surface area contributed by atoms with E-state index in [4.69, 9.17) is 9.26 Å². The Morgan fingerprint density at radius 2 is 1.83 bits per heavy atom. The molecular formula is C31H28N4O5S. The SMILES string of the molecule is C=C/C=C(\C=C)C(C)n1c(=O)c2c(C)c(OC)sc2n(Cc2ccc(-c3ccccc3-c3noc(=O)[nH]3)cc2)c1=O. The van der Waals surface area contributed by atoms with Gasteiger partial charge in [0.2, 0.25) is 0 Å². The fourth-order valence-corrected chi connectivity index (χ4v) is 6.05. The quantitative estimate of drug-likeness (QED) is 0.236. The lowest BCUT2D eigenvalue weighted by Gasteiger charge is -2.18. The van der Waals surface area contributed by atoms with E-state index in [-0.39, 0.29) is 12.1 Å². The number of thiophene rings is 1. The number of hydrogen-bond acceptors (Lipinski definition) is 7. The number of rotatable bonds is 9. The molecule has 0 aliphatic heterocycles. The summed E-state index contributed by atoms with van der Waals surface area (Å²) in [6.07, 6.45) is 4.97. The van der Waals surface area contributed by atoms with Gasteiger partial charge in [-0.15, -0.1) is 0 Å². The fourth-order valence-electron chi connectivity index (χ4n) is 4.94. The third-order valence-corrected chi connectivity index (χ3v) is 8.30. The Hall–Kier alpha value is -4.96. The summed E-state index contributed by atoms with van der Waals surface area (Å²) in [5.74, 6) is -0.287. The minimum atomic E-state index is -0.627. The Kier molecular flexibility index (Phi) is 7.58. The Labute approximate surface area is 239 Å². The number of H-pyrrole nitrogens is 1. The highest BCUT2D eigenvalue weighted by Gasteiger charge is 2.24. The van der Waals surface area contributed by atoms with Crippen molar-refractivity contribution in [3.8, 4) is 27.6 Å². The van der Waals surface area contributed by atoms with Crippen molar-refractivity contribution in [2.24, 2.45) is 0 Å². The molecule has 0 saturated carbocycles. The second-order valence-corrected chi connectivity index (χ2v) is 10.4. The zero-order valence-corrected chi connectivity index (χ0v) is 23.7. The van der Waals surface area contributed by atoms with Gasteiger partial charge in [-0.2, -0.15) is 0 Å². The van der Waals surface area contributed by atoms with Crippen LogP contribution in [0.4, 0.5) is 0 Å². The van der Waals surface area contributed by atoms with Crippen LogP contribution < -0.4 is 21.7 Å². The Balaban J connectivity index is 1.62. The molecule has 10 heteroatoms. The summed E-state index contributed by atoms with van der Waals surface area (Å²) in [5, 5.41) is 4.86. The van der Waals surface area contributed by atoms with E-state index in [1.165, 1.54) is 15.9 Å². The number of hydrogen-bond donors (Lipinski definition) is 1. The molecule has 5 aromatic rings. The summed E-state index contributed by atoms with van der Waals surface area (Å²) >= 11 is 1.28. The highest BCUT2D eigenvalue weighted by atomic mass is 32.1. The van der Waals surface area contributed by atoms with Gasteiger partial charge in [-0.25, -0.2) is 9.59 Å². The van der Waals surface area contributed by atoms with Crippen LogP contribution in [0.15, 0.2) is 104 Å². The standard InChI is InChI=1S/C31H28N4O5S/c1-6-10-21(7-2)19(4)35-27(36)25-18(3)29(39-5)41-28(25)34(31(35)38)17-20-13-15-22(16-14-20)23-11-8-9-12-24(23)26-32-30(37)40-33-26/h6-16,19H,1-2,17H2,3-5H3,(H,32,33,37)/b21-10+. The molecule has 9 nitrogen and oxygen atoms in total. The van der Waals surface area contributed by atoms with Gasteiger partial charge in [0.05, 0.1) is 25.1 Å². The molecule has 1 atom stereocenters. The normalized spacial score (nSPS) is 12.4. The minimum absolute atomic E-state index is 0.235. The minimum Gasteiger partial charge on any atom is -0.487 e. The van der Waals surface area contributed by atoms with Crippen LogP contribution in [0.25, 0.3) is 32.7 Å². The van der Waals surface area contributed by atoms with Crippen LogP contribution in [0.3, 0.4) is 0 Å². The van der Waals surface area contributed by atoms with Crippen LogP contribution in [-0.2, 0) is 6.54 Å².